The van der Waals surface area contributed by atoms with Crippen LogP contribution in [0.15, 0.2) is 6.07 Å². The van der Waals surface area contributed by atoms with E-state index in [-0.39, 0.29) is 23.5 Å². The first kappa shape index (κ1) is 12.0. The van der Waals surface area contributed by atoms with Gasteiger partial charge in [-0.15, -0.1) is 0 Å². The van der Waals surface area contributed by atoms with Crippen LogP contribution in [0.5, 0.6) is 5.75 Å². The highest BCUT2D eigenvalue weighted by Gasteiger charge is 2.17. The summed E-state index contributed by atoms with van der Waals surface area (Å²) in [4.78, 5) is 11.0. The highest BCUT2D eigenvalue weighted by Crippen LogP contribution is 2.33. The average molecular weight is 231 g/mol. The maximum Gasteiger partial charge on any atom is 0.144 e. The van der Waals surface area contributed by atoms with Crippen molar-refractivity contribution in [2.45, 2.75) is 20.3 Å². The van der Waals surface area contributed by atoms with Gasteiger partial charge in [0.1, 0.15) is 17.3 Å². The molecule has 0 aliphatic carbocycles. The first-order valence-electron chi connectivity index (χ1n) is 4.48. The van der Waals surface area contributed by atoms with Gasteiger partial charge in [-0.05, 0) is 25.5 Å². The number of Topliss-reactive ketones (excluding diaryl/α,β-unsaturated/α-hetero) is 1. The molecule has 0 aromatic heterocycles. The zero-order chi connectivity index (χ0) is 11.6. The molecule has 82 valence electrons. The van der Waals surface area contributed by atoms with E-state index in [4.69, 9.17) is 16.3 Å². The third-order valence-electron chi connectivity index (χ3n) is 2.08. The molecule has 0 bridgehead atoms. The van der Waals surface area contributed by atoms with Crippen molar-refractivity contribution in [2.24, 2.45) is 0 Å². The molecule has 0 radical (unpaired) electrons. The summed E-state index contributed by atoms with van der Waals surface area (Å²) in [5, 5.41) is 0.327. The van der Waals surface area contributed by atoms with Crippen LogP contribution in [-0.2, 0) is 11.2 Å². The smallest absolute Gasteiger partial charge is 0.144 e. The van der Waals surface area contributed by atoms with Crippen molar-refractivity contribution in [1.82, 2.24) is 0 Å². The number of carbonyl (C=O) groups is 1. The number of hydrogen-bond donors (Lipinski definition) is 0. The van der Waals surface area contributed by atoms with Crippen LogP contribution in [-0.4, -0.2) is 12.9 Å². The maximum absolute atomic E-state index is 13.7. The molecular formula is C11H12ClFO2. The summed E-state index contributed by atoms with van der Waals surface area (Å²) in [6.45, 7) is 3.00. The van der Waals surface area contributed by atoms with Crippen molar-refractivity contribution < 1.29 is 13.9 Å². The van der Waals surface area contributed by atoms with Gasteiger partial charge in [0.25, 0.3) is 0 Å². The minimum atomic E-state index is -0.425. The van der Waals surface area contributed by atoms with Gasteiger partial charge in [0.05, 0.1) is 12.1 Å². The minimum Gasteiger partial charge on any atom is -0.495 e. The van der Waals surface area contributed by atoms with Crippen molar-refractivity contribution in [2.75, 3.05) is 7.11 Å². The number of ketones is 1. The Balaban J connectivity index is 3.36. The SMILES string of the molecule is COc1c(Cl)cc(C)c(F)c1CC(C)=O. The Morgan fingerprint density at radius 2 is 2.20 bits per heavy atom. The van der Waals surface area contributed by atoms with Crippen LogP contribution in [0.3, 0.4) is 0 Å². The Bertz CT molecular complexity index is 402. The second kappa shape index (κ2) is 4.62. The van der Waals surface area contributed by atoms with Crippen molar-refractivity contribution in [3.05, 3.63) is 28.0 Å². The topological polar surface area (TPSA) is 26.3 Å². The van der Waals surface area contributed by atoms with Crippen LogP contribution in [0, 0.1) is 12.7 Å². The molecule has 0 N–H and O–H groups in total. The third-order valence-corrected chi connectivity index (χ3v) is 2.36. The number of rotatable bonds is 3. The lowest BCUT2D eigenvalue weighted by Crippen LogP contribution is -2.04. The first-order chi connectivity index (χ1) is 6.97. The van der Waals surface area contributed by atoms with E-state index in [1.807, 2.05) is 0 Å². The largest absolute Gasteiger partial charge is 0.495 e. The fourth-order valence-electron chi connectivity index (χ4n) is 1.43. The Morgan fingerprint density at radius 1 is 1.60 bits per heavy atom. The number of benzene rings is 1. The van der Waals surface area contributed by atoms with Gasteiger partial charge >= 0.3 is 0 Å². The number of ether oxygens (including phenoxy) is 1. The van der Waals surface area contributed by atoms with Gasteiger partial charge in [0, 0.05) is 12.0 Å². The summed E-state index contributed by atoms with van der Waals surface area (Å²) < 4.78 is 18.7. The van der Waals surface area contributed by atoms with Crippen LogP contribution in [0.25, 0.3) is 0 Å². The van der Waals surface area contributed by atoms with E-state index >= 15 is 0 Å². The molecule has 0 atom stereocenters. The van der Waals surface area contributed by atoms with Gasteiger partial charge in [-0.25, -0.2) is 4.39 Å². The molecule has 1 rings (SSSR count). The molecule has 4 heteroatoms. The van der Waals surface area contributed by atoms with E-state index in [9.17, 15) is 9.18 Å². The van der Waals surface area contributed by atoms with Crippen LogP contribution in [0.1, 0.15) is 18.1 Å². The monoisotopic (exact) mass is 230 g/mol. The molecule has 0 amide bonds. The molecule has 0 saturated carbocycles. The number of carbonyl (C=O) groups excluding carboxylic acids is 1. The molecule has 15 heavy (non-hydrogen) atoms. The van der Waals surface area contributed by atoms with Crippen molar-refractivity contribution in [3.63, 3.8) is 0 Å². The zero-order valence-electron chi connectivity index (χ0n) is 8.86. The van der Waals surface area contributed by atoms with E-state index in [0.29, 0.717) is 10.6 Å². The van der Waals surface area contributed by atoms with Crippen molar-refractivity contribution >= 4 is 17.4 Å². The van der Waals surface area contributed by atoms with Crippen LogP contribution < -0.4 is 4.74 Å². The predicted octanol–water partition coefficient (Wildman–Crippen LogP) is 2.93. The number of methoxy groups -OCH3 is 1. The van der Waals surface area contributed by atoms with Crippen molar-refractivity contribution in [1.29, 1.82) is 0 Å². The summed E-state index contributed by atoms with van der Waals surface area (Å²) in [6.07, 6.45) is -0.00356. The molecule has 0 heterocycles. The molecule has 0 saturated heterocycles. The van der Waals surface area contributed by atoms with Gasteiger partial charge < -0.3 is 4.74 Å². The second-order valence-corrected chi connectivity index (χ2v) is 3.79. The summed E-state index contributed by atoms with van der Waals surface area (Å²) in [7, 11) is 1.40. The van der Waals surface area contributed by atoms with Gasteiger partial charge in [-0.3, -0.25) is 4.79 Å². The molecule has 0 fully saturated rings. The van der Waals surface area contributed by atoms with Gasteiger partial charge in [-0.1, -0.05) is 11.6 Å². The molecule has 0 spiro atoms. The molecular weight excluding hydrogens is 219 g/mol. The zero-order valence-corrected chi connectivity index (χ0v) is 9.61. The Labute approximate surface area is 93.0 Å². The molecule has 1 aromatic rings. The predicted molar refractivity (Wildman–Crippen MR) is 57.1 cm³/mol. The van der Waals surface area contributed by atoms with Crippen LogP contribution in [0.2, 0.25) is 5.02 Å². The average Bonchev–Trinajstić information content (AvgIpc) is 2.13. The Morgan fingerprint density at radius 3 is 2.67 bits per heavy atom. The number of aryl methyl sites for hydroxylation is 1. The number of hydrogen-bond acceptors (Lipinski definition) is 2. The van der Waals surface area contributed by atoms with E-state index < -0.39 is 5.82 Å². The van der Waals surface area contributed by atoms with E-state index in [2.05, 4.69) is 0 Å². The third kappa shape index (κ3) is 2.48. The Kier molecular flexibility index (Phi) is 3.69. The van der Waals surface area contributed by atoms with Gasteiger partial charge in [-0.2, -0.15) is 0 Å². The fraction of sp³-hybridized carbons (Fsp3) is 0.364. The van der Waals surface area contributed by atoms with E-state index in [0.717, 1.165) is 0 Å². The minimum absolute atomic E-state index is 0.00356. The molecule has 0 aliphatic heterocycles. The Hall–Kier alpha value is -1.09. The lowest BCUT2D eigenvalue weighted by atomic mass is 10.0. The van der Waals surface area contributed by atoms with E-state index in [1.54, 1.807) is 6.92 Å². The van der Waals surface area contributed by atoms with Crippen molar-refractivity contribution in [3.8, 4) is 5.75 Å². The van der Waals surface area contributed by atoms with Gasteiger partial charge in [0.15, 0.2) is 0 Å². The van der Waals surface area contributed by atoms with Crippen LogP contribution in [0.4, 0.5) is 4.39 Å². The lowest BCUT2D eigenvalue weighted by molar-refractivity contribution is -0.116. The highest BCUT2D eigenvalue weighted by atomic mass is 35.5. The molecule has 1 aromatic carbocycles. The quantitative estimate of drug-likeness (QED) is 0.798. The molecule has 2 nitrogen and oxygen atoms in total. The standard InChI is InChI=1S/C11H12ClFO2/c1-6-4-9(12)11(15-3)8(10(6)13)5-7(2)14/h4H,5H2,1-3H3. The summed E-state index contributed by atoms with van der Waals surface area (Å²) in [5.74, 6) is -0.310. The lowest BCUT2D eigenvalue weighted by Gasteiger charge is -2.12. The normalized spacial score (nSPS) is 10.2. The summed E-state index contributed by atoms with van der Waals surface area (Å²) in [6, 6.07) is 1.49. The highest BCUT2D eigenvalue weighted by molar-refractivity contribution is 6.32. The second-order valence-electron chi connectivity index (χ2n) is 3.38. The summed E-state index contributed by atoms with van der Waals surface area (Å²) >= 11 is 5.89. The molecule has 0 unspecified atom stereocenters. The van der Waals surface area contributed by atoms with Crippen LogP contribution >= 0.6 is 11.6 Å². The first-order valence-corrected chi connectivity index (χ1v) is 4.86. The van der Waals surface area contributed by atoms with E-state index in [1.165, 1.54) is 20.1 Å². The number of halogens is 2. The maximum atomic E-state index is 13.7. The fourth-order valence-corrected chi connectivity index (χ4v) is 1.78. The molecule has 0 aliphatic rings. The summed E-state index contributed by atoms with van der Waals surface area (Å²) in [5.41, 5.74) is 0.645. The van der Waals surface area contributed by atoms with Gasteiger partial charge in [0.2, 0.25) is 0 Å².